The molecular formula is C21H10ClF2N3O2S. The molecule has 0 saturated heterocycles. The first kappa shape index (κ1) is 18.7. The first-order valence-electron chi connectivity index (χ1n) is 8.71. The van der Waals surface area contributed by atoms with Crippen LogP contribution in [0.5, 0.6) is 0 Å². The van der Waals surface area contributed by atoms with Gasteiger partial charge in [-0.1, -0.05) is 29.8 Å². The van der Waals surface area contributed by atoms with Crippen LogP contribution in [0, 0.1) is 11.6 Å². The van der Waals surface area contributed by atoms with Crippen LogP contribution in [0.25, 0.3) is 37.1 Å². The van der Waals surface area contributed by atoms with Gasteiger partial charge in [-0.15, -0.1) is 11.3 Å². The topological polar surface area (TPSA) is 67.8 Å². The van der Waals surface area contributed by atoms with Gasteiger partial charge in [0.2, 0.25) is 0 Å². The highest BCUT2D eigenvalue weighted by atomic mass is 35.5. The van der Waals surface area contributed by atoms with Crippen molar-refractivity contribution in [1.29, 1.82) is 0 Å². The van der Waals surface area contributed by atoms with E-state index in [2.05, 4.69) is 9.97 Å². The zero-order valence-electron chi connectivity index (χ0n) is 14.9. The molecule has 5 nitrogen and oxygen atoms in total. The van der Waals surface area contributed by atoms with Gasteiger partial charge in [0.05, 0.1) is 17.4 Å². The molecule has 2 aromatic carbocycles. The lowest BCUT2D eigenvalue weighted by Crippen LogP contribution is -2.33. The highest BCUT2D eigenvalue weighted by Gasteiger charge is 2.17. The molecule has 0 bridgehead atoms. The summed E-state index contributed by atoms with van der Waals surface area (Å²) in [6, 6.07) is 10.8. The monoisotopic (exact) mass is 441 g/mol. The zero-order chi connectivity index (χ0) is 21.0. The van der Waals surface area contributed by atoms with E-state index in [4.69, 9.17) is 11.6 Å². The van der Waals surface area contributed by atoms with E-state index in [1.165, 1.54) is 23.7 Å². The zero-order valence-corrected chi connectivity index (χ0v) is 16.5. The van der Waals surface area contributed by atoms with Crippen LogP contribution in [-0.2, 0) is 0 Å². The average Bonchev–Trinajstić information content (AvgIpc) is 3.13. The fourth-order valence-corrected chi connectivity index (χ4v) is 4.72. The van der Waals surface area contributed by atoms with Crippen molar-refractivity contribution in [3.05, 3.63) is 92.4 Å². The van der Waals surface area contributed by atoms with Gasteiger partial charge in [0.1, 0.15) is 4.70 Å². The van der Waals surface area contributed by atoms with E-state index in [0.29, 0.717) is 20.1 Å². The quantitative estimate of drug-likeness (QED) is 0.424. The maximum atomic E-state index is 13.8. The van der Waals surface area contributed by atoms with Crippen molar-refractivity contribution < 1.29 is 8.78 Å². The Morgan fingerprint density at radius 1 is 1.03 bits per heavy atom. The lowest BCUT2D eigenvalue weighted by molar-refractivity contribution is 0.511. The van der Waals surface area contributed by atoms with Crippen molar-refractivity contribution in [3.63, 3.8) is 0 Å². The fourth-order valence-electron chi connectivity index (χ4n) is 3.35. The molecule has 0 amide bonds. The number of nitrogens with zero attached hydrogens (tertiary/aromatic N) is 2. The van der Waals surface area contributed by atoms with Crippen molar-refractivity contribution in [2.75, 3.05) is 0 Å². The van der Waals surface area contributed by atoms with Crippen LogP contribution in [-0.4, -0.2) is 14.5 Å². The molecule has 30 heavy (non-hydrogen) atoms. The summed E-state index contributed by atoms with van der Waals surface area (Å²) in [6.45, 7) is 0. The molecule has 9 heteroatoms. The SMILES string of the molecule is O=c1[nH]c2cc(-c3ccccc3Cl)sc2c(=O)n1-c1cncc2cc(F)c(F)cc12. The van der Waals surface area contributed by atoms with Crippen LogP contribution in [0.15, 0.2) is 64.4 Å². The van der Waals surface area contributed by atoms with Crippen LogP contribution >= 0.6 is 22.9 Å². The number of benzene rings is 2. The molecule has 0 fully saturated rings. The first-order chi connectivity index (χ1) is 14.4. The Balaban J connectivity index is 1.81. The number of H-pyrrole nitrogens is 1. The Labute approximate surface area is 175 Å². The number of fused-ring (bicyclic) bond motifs is 2. The van der Waals surface area contributed by atoms with Gasteiger partial charge in [-0.2, -0.15) is 0 Å². The van der Waals surface area contributed by atoms with Gasteiger partial charge in [0.15, 0.2) is 11.6 Å². The van der Waals surface area contributed by atoms with Crippen molar-refractivity contribution >= 4 is 43.9 Å². The molecule has 5 rings (SSSR count). The Hall–Kier alpha value is -3.36. The standard InChI is InChI=1S/C21H10ClF2N3O2S/c22-13-4-2-1-3-11(13)18-7-16-19(30-18)20(28)27(21(29)26-16)17-9-25-8-10-5-14(23)15(24)6-12(10)17/h1-9H,(H,26,29). The van der Waals surface area contributed by atoms with Gasteiger partial charge >= 0.3 is 5.69 Å². The molecule has 0 saturated carbocycles. The molecule has 5 aromatic rings. The van der Waals surface area contributed by atoms with Crippen LogP contribution in [0.2, 0.25) is 5.02 Å². The highest BCUT2D eigenvalue weighted by Crippen LogP contribution is 2.35. The summed E-state index contributed by atoms with van der Waals surface area (Å²) in [6.07, 6.45) is 2.60. The Bertz CT molecular complexity index is 1590. The van der Waals surface area contributed by atoms with E-state index in [-0.39, 0.29) is 16.5 Å². The largest absolute Gasteiger partial charge is 0.333 e. The summed E-state index contributed by atoms with van der Waals surface area (Å²) < 4.78 is 28.6. The summed E-state index contributed by atoms with van der Waals surface area (Å²) in [5.74, 6) is -2.13. The van der Waals surface area contributed by atoms with Crippen molar-refractivity contribution in [1.82, 2.24) is 14.5 Å². The number of pyridine rings is 1. The number of nitrogens with one attached hydrogen (secondary N) is 1. The number of halogens is 3. The van der Waals surface area contributed by atoms with E-state index in [1.54, 1.807) is 18.2 Å². The van der Waals surface area contributed by atoms with Crippen LogP contribution in [0.4, 0.5) is 8.78 Å². The van der Waals surface area contributed by atoms with Gasteiger partial charge in [-0.3, -0.25) is 9.78 Å². The number of aromatic nitrogens is 3. The highest BCUT2D eigenvalue weighted by molar-refractivity contribution is 7.22. The number of hydrogen-bond acceptors (Lipinski definition) is 4. The molecule has 1 N–H and O–H groups in total. The third kappa shape index (κ3) is 2.84. The minimum Gasteiger partial charge on any atom is -0.306 e. The molecule has 148 valence electrons. The predicted molar refractivity (Wildman–Crippen MR) is 114 cm³/mol. The first-order valence-corrected chi connectivity index (χ1v) is 9.90. The van der Waals surface area contributed by atoms with Crippen molar-refractivity contribution in [2.45, 2.75) is 0 Å². The number of thiophene rings is 1. The molecule has 0 aliphatic carbocycles. The molecule has 0 spiro atoms. The Morgan fingerprint density at radius 2 is 1.80 bits per heavy atom. The maximum absolute atomic E-state index is 13.8. The molecule has 3 aromatic heterocycles. The van der Waals surface area contributed by atoms with E-state index in [9.17, 15) is 18.4 Å². The third-order valence-electron chi connectivity index (χ3n) is 4.73. The summed E-state index contributed by atoms with van der Waals surface area (Å²) in [7, 11) is 0. The van der Waals surface area contributed by atoms with E-state index < -0.39 is 22.9 Å². The summed E-state index contributed by atoms with van der Waals surface area (Å²) in [4.78, 5) is 33.3. The minimum absolute atomic E-state index is 0.0623. The number of aromatic amines is 1. The van der Waals surface area contributed by atoms with Gasteiger partial charge in [0, 0.05) is 32.4 Å². The second kappa shape index (κ2) is 6.86. The maximum Gasteiger partial charge on any atom is 0.333 e. The van der Waals surface area contributed by atoms with Crippen molar-refractivity contribution in [2.24, 2.45) is 0 Å². The summed E-state index contributed by atoms with van der Waals surface area (Å²) in [5, 5.41) is 0.974. The number of hydrogen-bond donors (Lipinski definition) is 1. The lowest BCUT2D eigenvalue weighted by Gasteiger charge is -2.08. The van der Waals surface area contributed by atoms with E-state index >= 15 is 0 Å². The molecule has 0 radical (unpaired) electrons. The third-order valence-corrected chi connectivity index (χ3v) is 6.22. The Kier molecular flexibility index (Phi) is 4.27. The van der Waals surface area contributed by atoms with Gasteiger partial charge in [0.25, 0.3) is 5.56 Å². The van der Waals surface area contributed by atoms with Crippen LogP contribution in [0.1, 0.15) is 0 Å². The molecule has 0 atom stereocenters. The normalized spacial score (nSPS) is 11.4. The predicted octanol–water partition coefficient (Wildman–Crippen LogP) is 4.89. The average molecular weight is 442 g/mol. The second-order valence-corrected chi connectivity index (χ2v) is 8.01. The molecule has 3 heterocycles. The molecule has 0 unspecified atom stereocenters. The second-order valence-electron chi connectivity index (χ2n) is 6.55. The van der Waals surface area contributed by atoms with Gasteiger partial charge < -0.3 is 4.98 Å². The fraction of sp³-hybridized carbons (Fsp3) is 0. The van der Waals surface area contributed by atoms with Gasteiger partial charge in [-0.05, 0) is 24.3 Å². The van der Waals surface area contributed by atoms with Crippen molar-refractivity contribution in [3.8, 4) is 16.1 Å². The van der Waals surface area contributed by atoms with Gasteiger partial charge in [-0.25, -0.2) is 18.1 Å². The molecule has 0 aliphatic heterocycles. The summed E-state index contributed by atoms with van der Waals surface area (Å²) >= 11 is 7.43. The Morgan fingerprint density at radius 3 is 2.60 bits per heavy atom. The van der Waals surface area contributed by atoms with E-state index in [1.807, 2.05) is 12.1 Å². The van der Waals surface area contributed by atoms with Crippen LogP contribution < -0.4 is 11.2 Å². The minimum atomic E-state index is -1.09. The molecule has 0 aliphatic rings. The smallest absolute Gasteiger partial charge is 0.306 e. The lowest BCUT2D eigenvalue weighted by atomic mass is 10.1. The number of rotatable bonds is 2. The van der Waals surface area contributed by atoms with E-state index in [0.717, 1.165) is 22.3 Å². The van der Waals surface area contributed by atoms with Crippen LogP contribution in [0.3, 0.4) is 0 Å². The summed E-state index contributed by atoms with van der Waals surface area (Å²) in [5.41, 5.74) is -0.137. The molecular weight excluding hydrogens is 432 g/mol.